The van der Waals surface area contributed by atoms with Crippen molar-refractivity contribution < 1.29 is 24.4 Å². The number of rotatable bonds is 2. The Bertz CT molecular complexity index is 1020. The van der Waals surface area contributed by atoms with Gasteiger partial charge < -0.3 is 15.5 Å². The van der Waals surface area contributed by atoms with Crippen molar-refractivity contribution in [1.82, 2.24) is 0 Å². The summed E-state index contributed by atoms with van der Waals surface area (Å²) in [5, 5.41) is 55.8. The number of fused-ring (bicyclic) bond motifs is 2. The van der Waals surface area contributed by atoms with Crippen molar-refractivity contribution in [2.24, 2.45) is 0 Å². The predicted molar refractivity (Wildman–Crippen MR) is 74.3 cm³/mol. The van der Waals surface area contributed by atoms with Gasteiger partial charge in [0, 0.05) is 12.1 Å². The molecule has 0 aliphatic carbocycles. The van der Waals surface area contributed by atoms with Crippen LogP contribution < -0.4 is 9.46 Å². The van der Waals surface area contributed by atoms with Crippen LogP contribution in [0.2, 0.25) is 0 Å². The smallest absolute Gasteiger partial charge is 0.317 e. The monoisotopic (exact) mass is 318 g/mol. The molecule has 11 heteroatoms. The van der Waals surface area contributed by atoms with Crippen molar-refractivity contribution in [2.75, 3.05) is 0 Å². The van der Waals surface area contributed by atoms with E-state index in [1.165, 1.54) is 0 Å². The van der Waals surface area contributed by atoms with Crippen LogP contribution in [0.3, 0.4) is 0 Å². The van der Waals surface area contributed by atoms with Crippen LogP contribution >= 0.6 is 0 Å². The van der Waals surface area contributed by atoms with Crippen molar-refractivity contribution in [3.8, 4) is 5.75 Å². The van der Waals surface area contributed by atoms with Gasteiger partial charge in [-0.25, -0.2) is 0 Å². The molecule has 0 saturated heterocycles. The lowest BCUT2D eigenvalue weighted by atomic mass is 10.2. The van der Waals surface area contributed by atoms with E-state index < -0.39 is 32.5 Å². The van der Waals surface area contributed by atoms with Crippen LogP contribution in [-0.2, 0) is 0 Å². The second kappa shape index (κ2) is 4.62. The molecule has 23 heavy (non-hydrogen) atoms. The summed E-state index contributed by atoms with van der Waals surface area (Å²) in [6.45, 7) is 0. The predicted octanol–water partition coefficient (Wildman–Crippen LogP) is 0.782. The molecule has 11 nitrogen and oxygen atoms in total. The van der Waals surface area contributed by atoms with Crippen LogP contribution in [0, 0.1) is 30.6 Å². The van der Waals surface area contributed by atoms with E-state index in [4.69, 9.17) is 0 Å². The normalized spacial score (nSPS) is 11.0. The maximum atomic E-state index is 12.3. The minimum absolute atomic E-state index is 0.175. The fraction of sp³-hybridized carbons (Fsp3) is 0. The van der Waals surface area contributed by atoms with E-state index in [0.29, 0.717) is 0 Å². The van der Waals surface area contributed by atoms with Crippen molar-refractivity contribution in [1.29, 1.82) is 0 Å². The Labute approximate surface area is 125 Å². The zero-order valence-electron chi connectivity index (χ0n) is 11.1. The van der Waals surface area contributed by atoms with Gasteiger partial charge in [0.15, 0.2) is 0 Å². The molecule has 0 amide bonds. The first-order chi connectivity index (χ1) is 10.8. The van der Waals surface area contributed by atoms with Gasteiger partial charge in [-0.3, -0.25) is 20.2 Å². The molecule has 0 unspecified atom stereocenters. The zero-order valence-corrected chi connectivity index (χ0v) is 11.1. The van der Waals surface area contributed by atoms with Crippen molar-refractivity contribution in [3.63, 3.8) is 0 Å². The van der Waals surface area contributed by atoms with Gasteiger partial charge in [-0.05, 0) is 0 Å². The lowest BCUT2D eigenvalue weighted by Crippen LogP contribution is -2.39. The first-order valence-corrected chi connectivity index (χ1v) is 6.05. The minimum Gasteiger partial charge on any atom is -0.617 e. The number of hydrogen-bond acceptors (Lipinski definition) is 7. The highest BCUT2D eigenvalue weighted by Gasteiger charge is 2.28. The van der Waals surface area contributed by atoms with E-state index in [9.17, 15) is 35.7 Å². The van der Waals surface area contributed by atoms with Crippen LogP contribution in [-0.4, -0.2) is 15.0 Å². The van der Waals surface area contributed by atoms with E-state index >= 15 is 0 Å². The minimum atomic E-state index is -0.915. The highest BCUT2D eigenvalue weighted by Crippen LogP contribution is 2.29. The number of nitro benzene ring substituents is 2. The Morgan fingerprint density at radius 3 is 2.00 bits per heavy atom. The number of hydrogen-bond donors (Lipinski definition) is 1. The number of aromatic hydroxyl groups is 1. The molecule has 0 atom stereocenters. The van der Waals surface area contributed by atoms with E-state index in [-0.39, 0.29) is 26.0 Å². The number of nitrogens with zero attached hydrogens (tertiary/aromatic N) is 4. The largest absolute Gasteiger partial charge is 0.617 e. The lowest BCUT2D eigenvalue weighted by molar-refractivity contribution is -0.591. The third kappa shape index (κ3) is 1.98. The maximum Gasteiger partial charge on any atom is 0.317 e. The van der Waals surface area contributed by atoms with E-state index in [1.807, 2.05) is 0 Å². The number of nitro groups is 2. The van der Waals surface area contributed by atoms with Gasteiger partial charge in [0.25, 0.3) is 27.8 Å². The molecule has 116 valence electrons. The van der Waals surface area contributed by atoms with Gasteiger partial charge in [0.2, 0.25) is 5.75 Å². The van der Waals surface area contributed by atoms with Crippen LogP contribution in [0.4, 0.5) is 11.4 Å². The SMILES string of the molecule is O=[N+]([O-])c1ccc2c(c1)[n+]([O-])c1cc([N+](=O)[O-])c(O)cc1[n+]2[O-]. The first kappa shape index (κ1) is 14.2. The summed E-state index contributed by atoms with van der Waals surface area (Å²) in [7, 11) is 0. The quantitative estimate of drug-likeness (QED) is 0.240. The van der Waals surface area contributed by atoms with Gasteiger partial charge >= 0.3 is 5.69 Å². The molecule has 2 aromatic carbocycles. The summed E-state index contributed by atoms with van der Waals surface area (Å²) < 4.78 is 0.449. The van der Waals surface area contributed by atoms with Gasteiger partial charge in [-0.1, -0.05) is 0 Å². The molecule has 0 radical (unpaired) electrons. The van der Waals surface area contributed by atoms with Crippen LogP contribution in [0.25, 0.3) is 22.1 Å². The number of aromatic nitrogens is 2. The van der Waals surface area contributed by atoms with Crippen LogP contribution in [0.5, 0.6) is 5.75 Å². The summed E-state index contributed by atoms with van der Waals surface area (Å²) in [5.41, 5.74) is -2.35. The van der Waals surface area contributed by atoms with E-state index in [0.717, 1.165) is 30.3 Å². The molecular formula is C12H6N4O7. The average molecular weight is 318 g/mol. The van der Waals surface area contributed by atoms with Crippen LogP contribution in [0.15, 0.2) is 30.3 Å². The summed E-state index contributed by atoms with van der Waals surface area (Å²) in [5.74, 6) is -0.770. The Balaban J connectivity index is 2.50. The lowest BCUT2D eigenvalue weighted by Gasteiger charge is -2.07. The molecule has 3 rings (SSSR count). The molecule has 1 heterocycles. The molecule has 0 spiro atoms. The van der Waals surface area contributed by atoms with Gasteiger partial charge in [-0.2, -0.15) is 9.46 Å². The average Bonchev–Trinajstić information content (AvgIpc) is 2.51. The summed E-state index contributed by atoms with van der Waals surface area (Å²) in [6.07, 6.45) is 0. The molecule has 0 bridgehead atoms. The van der Waals surface area contributed by atoms with E-state index in [2.05, 4.69) is 0 Å². The zero-order chi connectivity index (χ0) is 16.9. The third-order valence-electron chi connectivity index (χ3n) is 3.31. The summed E-state index contributed by atoms with van der Waals surface area (Å²) in [6, 6.07) is 4.58. The van der Waals surface area contributed by atoms with Gasteiger partial charge in [-0.15, -0.1) is 0 Å². The second-order valence-electron chi connectivity index (χ2n) is 4.61. The fourth-order valence-electron chi connectivity index (χ4n) is 2.25. The molecule has 0 fully saturated rings. The molecule has 0 aliphatic rings. The van der Waals surface area contributed by atoms with Crippen molar-refractivity contribution in [2.45, 2.75) is 0 Å². The number of phenols is 1. The Kier molecular flexibility index (Phi) is 2.85. The van der Waals surface area contributed by atoms with Crippen molar-refractivity contribution in [3.05, 3.63) is 61.0 Å². The molecule has 1 aromatic heterocycles. The third-order valence-corrected chi connectivity index (χ3v) is 3.31. The van der Waals surface area contributed by atoms with E-state index in [1.54, 1.807) is 0 Å². The maximum absolute atomic E-state index is 12.3. The highest BCUT2D eigenvalue weighted by atomic mass is 16.6. The fourth-order valence-corrected chi connectivity index (χ4v) is 2.25. The number of phenolic OH excluding ortho intramolecular Hbond substituents is 1. The second-order valence-corrected chi connectivity index (χ2v) is 4.61. The summed E-state index contributed by atoms with van der Waals surface area (Å²) in [4.78, 5) is 20.0. The molecule has 1 N–H and O–H groups in total. The molecule has 0 saturated carbocycles. The number of benzene rings is 2. The Morgan fingerprint density at radius 1 is 0.826 bits per heavy atom. The van der Waals surface area contributed by atoms with Gasteiger partial charge in [0.1, 0.15) is 6.07 Å². The highest BCUT2D eigenvalue weighted by molar-refractivity contribution is 5.81. The Hall–Kier alpha value is -3.76. The molecule has 3 aromatic rings. The van der Waals surface area contributed by atoms with Crippen LogP contribution in [0.1, 0.15) is 0 Å². The summed E-state index contributed by atoms with van der Waals surface area (Å²) >= 11 is 0. The standard InChI is InChI=1S/C12H6N4O7/c17-12-5-10-9(4-11(12)16(22)23)14(19)8-3-6(15(20)21)1-2-7(8)13(10)18/h1-5,17H. The Morgan fingerprint density at radius 2 is 1.39 bits per heavy atom. The topological polar surface area (TPSA) is 160 Å². The molecular weight excluding hydrogens is 312 g/mol. The first-order valence-electron chi connectivity index (χ1n) is 6.05. The number of non-ortho nitro benzene ring substituents is 1. The molecule has 0 aliphatic heterocycles. The van der Waals surface area contributed by atoms with Crippen molar-refractivity contribution >= 4 is 33.4 Å². The van der Waals surface area contributed by atoms with Gasteiger partial charge in [0.05, 0.1) is 22.0 Å².